The first-order valence-corrected chi connectivity index (χ1v) is 9.99. The molecule has 0 saturated heterocycles. The first kappa shape index (κ1) is 18.6. The molecule has 144 valence electrons. The van der Waals surface area contributed by atoms with E-state index in [0.717, 1.165) is 3.97 Å². The highest BCUT2D eigenvalue weighted by atomic mass is 32.2. The Hall–Kier alpha value is -3.78. The van der Waals surface area contributed by atoms with Crippen LogP contribution in [0.25, 0.3) is 11.0 Å². The number of pyridine rings is 1. The molecule has 0 bridgehead atoms. The SMILES string of the molecule is O=C(O)c1ccccc1C(=O)c1cc2cccnc2n1S(=O)(=O)c1ccccc1. The predicted octanol–water partition coefficient (Wildman–Crippen LogP) is 3.20. The van der Waals surface area contributed by atoms with E-state index < -0.39 is 21.8 Å². The summed E-state index contributed by atoms with van der Waals surface area (Å²) in [6, 6.07) is 18.0. The summed E-state index contributed by atoms with van der Waals surface area (Å²) in [7, 11) is -4.15. The second kappa shape index (κ2) is 6.99. The fourth-order valence-electron chi connectivity index (χ4n) is 3.12. The Labute approximate surface area is 165 Å². The van der Waals surface area contributed by atoms with Gasteiger partial charge in [-0.2, -0.15) is 0 Å². The van der Waals surface area contributed by atoms with Gasteiger partial charge >= 0.3 is 5.97 Å². The third kappa shape index (κ3) is 3.09. The first-order chi connectivity index (χ1) is 13.9. The lowest BCUT2D eigenvalue weighted by atomic mass is 10.0. The van der Waals surface area contributed by atoms with E-state index in [2.05, 4.69) is 4.98 Å². The van der Waals surface area contributed by atoms with Crippen LogP contribution in [0.4, 0.5) is 0 Å². The molecule has 1 N–H and O–H groups in total. The molecule has 0 fully saturated rings. The van der Waals surface area contributed by atoms with Crippen LogP contribution in [-0.2, 0) is 10.0 Å². The number of benzene rings is 2. The van der Waals surface area contributed by atoms with Crippen LogP contribution in [0.3, 0.4) is 0 Å². The summed E-state index contributed by atoms with van der Waals surface area (Å²) in [5.41, 5.74) is -0.407. The van der Waals surface area contributed by atoms with E-state index in [1.807, 2.05) is 0 Å². The van der Waals surface area contributed by atoms with Gasteiger partial charge in [0.1, 0.15) is 5.69 Å². The van der Waals surface area contributed by atoms with Gasteiger partial charge in [0.05, 0.1) is 10.5 Å². The monoisotopic (exact) mass is 406 g/mol. The smallest absolute Gasteiger partial charge is 0.336 e. The number of carboxylic acid groups (broad SMARTS) is 1. The molecule has 7 nitrogen and oxygen atoms in total. The molecule has 0 atom stereocenters. The highest BCUT2D eigenvalue weighted by molar-refractivity contribution is 7.90. The number of carboxylic acids is 1. The molecule has 0 amide bonds. The van der Waals surface area contributed by atoms with Gasteiger partial charge in [0.25, 0.3) is 10.0 Å². The van der Waals surface area contributed by atoms with Gasteiger partial charge in [-0.3, -0.25) is 4.79 Å². The number of aromatic nitrogens is 2. The van der Waals surface area contributed by atoms with Crippen LogP contribution in [0.15, 0.2) is 83.9 Å². The highest BCUT2D eigenvalue weighted by Gasteiger charge is 2.29. The minimum atomic E-state index is -4.15. The Morgan fingerprint density at radius 3 is 2.21 bits per heavy atom. The first-order valence-electron chi connectivity index (χ1n) is 8.55. The molecule has 0 radical (unpaired) electrons. The van der Waals surface area contributed by atoms with Crippen LogP contribution >= 0.6 is 0 Å². The number of rotatable bonds is 5. The van der Waals surface area contributed by atoms with Gasteiger partial charge in [-0.1, -0.05) is 36.4 Å². The van der Waals surface area contributed by atoms with Crippen molar-refractivity contribution in [2.75, 3.05) is 0 Å². The van der Waals surface area contributed by atoms with E-state index >= 15 is 0 Å². The van der Waals surface area contributed by atoms with Crippen LogP contribution in [0.5, 0.6) is 0 Å². The molecule has 8 heteroatoms. The van der Waals surface area contributed by atoms with Crippen molar-refractivity contribution in [1.82, 2.24) is 8.96 Å². The Kier molecular flexibility index (Phi) is 4.48. The van der Waals surface area contributed by atoms with Crippen molar-refractivity contribution >= 4 is 32.8 Å². The van der Waals surface area contributed by atoms with Crippen molar-refractivity contribution in [3.63, 3.8) is 0 Å². The number of hydrogen-bond acceptors (Lipinski definition) is 5. The molecule has 0 aliphatic rings. The van der Waals surface area contributed by atoms with Crippen molar-refractivity contribution in [3.05, 3.63) is 95.8 Å². The molecule has 0 aliphatic carbocycles. The third-order valence-corrected chi connectivity index (χ3v) is 6.15. The van der Waals surface area contributed by atoms with Gasteiger partial charge in [-0.15, -0.1) is 0 Å². The summed E-state index contributed by atoms with van der Waals surface area (Å²) in [5.74, 6) is -2.00. The van der Waals surface area contributed by atoms with E-state index in [4.69, 9.17) is 0 Å². The molecular formula is C21H14N2O5S. The summed E-state index contributed by atoms with van der Waals surface area (Å²) >= 11 is 0. The van der Waals surface area contributed by atoms with Crippen molar-refractivity contribution in [3.8, 4) is 0 Å². The van der Waals surface area contributed by atoms with Crippen LogP contribution in [0.2, 0.25) is 0 Å². The van der Waals surface area contributed by atoms with E-state index in [-0.39, 0.29) is 27.4 Å². The number of ketones is 1. The van der Waals surface area contributed by atoms with E-state index in [0.29, 0.717) is 5.39 Å². The fraction of sp³-hybridized carbons (Fsp3) is 0. The summed E-state index contributed by atoms with van der Waals surface area (Å²) in [6.45, 7) is 0. The maximum atomic E-state index is 13.3. The molecule has 0 saturated carbocycles. The number of nitrogens with zero attached hydrogens (tertiary/aromatic N) is 2. The van der Waals surface area contributed by atoms with Gasteiger partial charge in [0.2, 0.25) is 5.78 Å². The number of fused-ring (bicyclic) bond motifs is 1. The molecule has 0 aliphatic heterocycles. The Morgan fingerprint density at radius 1 is 0.862 bits per heavy atom. The zero-order valence-electron chi connectivity index (χ0n) is 14.9. The fourth-order valence-corrected chi connectivity index (χ4v) is 4.60. The summed E-state index contributed by atoms with van der Waals surface area (Å²) in [5, 5.41) is 9.87. The minimum Gasteiger partial charge on any atom is -0.478 e. The second-order valence-electron chi connectivity index (χ2n) is 6.21. The van der Waals surface area contributed by atoms with Crippen molar-refractivity contribution in [2.24, 2.45) is 0 Å². The number of carbonyl (C=O) groups excluding carboxylic acids is 1. The predicted molar refractivity (Wildman–Crippen MR) is 106 cm³/mol. The van der Waals surface area contributed by atoms with Crippen molar-refractivity contribution in [1.29, 1.82) is 0 Å². The normalized spacial score (nSPS) is 11.4. The molecule has 4 aromatic rings. The molecule has 0 spiro atoms. The van der Waals surface area contributed by atoms with E-state index in [1.165, 1.54) is 48.7 Å². The zero-order valence-corrected chi connectivity index (χ0v) is 15.7. The molecule has 2 heterocycles. The van der Waals surface area contributed by atoms with Gasteiger partial charge in [-0.25, -0.2) is 22.2 Å². The lowest BCUT2D eigenvalue weighted by Gasteiger charge is -2.11. The van der Waals surface area contributed by atoms with Gasteiger partial charge < -0.3 is 5.11 Å². The molecular weight excluding hydrogens is 392 g/mol. The van der Waals surface area contributed by atoms with Crippen molar-refractivity contribution in [2.45, 2.75) is 4.90 Å². The third-order valence-electron chi connectivity index (χ3n) is 4.44. The summed E-state index contributed by atoms with van der Waals surface area (Å²) in [6.07, 6.45) is 1.43. The quantitative estimate of drug-likeness (QED) is 0.510. The van der Waals surface area contributed by atoms with E-state index in [1.54, 1.807) is 30.3 Å². The average Bonchev–Trinajstić information content (AvgIpc) is 3.14. The largest absolute Gasteiger partial charge is 0.478 e. The molecule has 4 rings (SSSR count). The van der Waals surface area contributed by atoms with Crippen LogP contribution in [0, 0.1) is 0 Å². The summed E-state index contributed by atoms with van der Waals surface area (Å²) < 4.78 is 27.6. The second-order valence-corrected chi connectivity index (χ2v) is 7.99. The maximum absolute atomic E-state index is 13.3. The highest BCUT2D eigenvalue weighted by Crippen LogP contribution is 2.27. The lowest BCUT2D eigenvalue weighted by molar-refractivity contribution is 0.0692. The van der Waals surface area contributed by atoms with Crippen LogP contribution in [-0.4, -0.2) is 34.2 Å². The standard InChI is InChI=1S/C21H14N2O5S/c24-19(16-10-4-5-11-17(16)21(25)26)18-13-14-7-6-12-22-20(14)23(18)29(27,28)15-8-2-1-3-9-15/h1-13H,(H,25,26). The number of carbonyl (C=O) groups is 2. The summed E-state index contributed by atoms with van der Waals surface area (Å²) in [4.78, 5) is 28.9. The van der Waals surface area contributed by atoms with Gasteiger partial charge in [0, 0.05) is 17.1 Å². The van der Waals surface area contributed by atoms with Crippen LogP contribution in [0.1, 0.15) is 26.4 Å². The topological polar surface area (TPSA) is 106 Å². The Bertz CT molecular complexity index is 1360. The molecule has 29 heavy (non-hydrogen) atoms. The van der Waals surface area contributed by atoms with Gasteiger partial charge in [0.15, 0.2) is 5.65 Å². The minimum absolute atomic E-state index is 0.0104. The lowest BCUT2D eigenvalue weighted by Crippen LogP contribution is -2.20. The van der Waals surface area contributed by atoms with E-state index in [9.17, 15) is 23.1 Å². The number of aromatic carboxylic acids is 1. The average molecular weight is 406 g/mol. The maximum Gasteiger partial charge on any atom is 0.336 e. The molecule has 0 unspecified atom stereocenters. The zero-order chi connectivity index (χ0) is 20.6. The molecule has 2 aromatic carbocycles. The Morgan fingerprint density at radius 2 is 1.52 bits per heavy atom. The Balaban J connectivity index is 2.02. The van der Waals surface area contributed by atoms with Gasteiger partial charge in [-0.05, 0) is 36.4 Å². The number of hydrogen-bond donors (Lipinski definition) is 1. The van der Waals surface area contributed by atoms with Crippen LogP contribution < -0.4 is 0 Å². The molecule has 2 aromatic heterocycles. The van der Waals surface area contributed by atoms with Crippen molar-refractivity contribution < 1.29 is 23.1 Å².